The van der Waals surface area contributed by atoms with Gasteiger partial charge in [0.1, 0.15) is 5.01 Å². The van der Waals surface area contributed by atoms with Crippen molar-refractivity contribution in [3.05, 3.63) is 52.9 Å². The maximum atomic E-state index is 4.61. The molecule has 1 unspecified atom stereocenters. The predicted molar refractivity (Wildman–Crippen MR) is 93.8 cm³/mol. The van der Waals surface area contributed by atoms with Gasteiger partial charge in [-0.15, -0.1) is 22.7 Å². The van der Waals surface area contributed by atoms with Gasteiger partial charge in [0, 0.05) is 29.7 Å². The van der Waals surface area contributed by atoms with E-state index in [9.17, 15) is 0 Å². The van der Waals surface area contributed by atoms with Crippen molar-refractivity contribution in [2.45, 2.75) is 19.9 Å². The molecule has 0 amide bonds. The maximum Gasteiger partial charge on any atom is 0.150 e. The Kier molecular flexibility index (Phi) is 3.59. The molecule has 1 N–H and O–H groups in total. The Hall–Kier alpha value is -2.25. The Balaban J connectivity index is 1.70. The molecule has 4 aromatic rings. The number of nitrogens with zero attached hydrogens (tertiary/aromatic N) is 4. The third-order valence-electron chi connectivity index (χ3n) is 3.67. The number of imidazole rings is 1. The van der Waals surface area contributed by atoms with Gasteiger partial charge in [0.25, 0.3) is 0 Å². The molecule has 4 aromatic heterocycles. The lowest BCUT2D eigenvalue weighted by molar-refractivity contribution is 0.640. The molecule has 0 radical (unpaired) electrons. The normalized spacial score (nSPS) is 12.6. The quantitative estimate of drug-likeness (QED) is 0.599. The second kappa shape index (κ2) is 5.75. The molecule has 1 atom stereocenters. The Bertz CT molecular complexity index is 916. The van der Waals surface area contributed by atoms with Gasteiger partial charge < -0.3 is 4.57 Å². The maximum absolute atomic E-state index is 4.61. The van der Waals surface area contributed by atoms with Crippen LogP contribution < -0.4 is 0 Å². The van der Waals surface area contributed by atoms with Crippen LogP contribution >= 0.6 is 22.7 Å². The number of nitrogens with one attached hydrogen (secondary N) is 1. The van der Waals surface area contributed by atoms with E-state index in [2.05, 4.69) is 49.2 Å². The van der Waals surface area contributed by atoms with Gasteiger partial charge in [-0.25, -0.2) is 9.97 Å². The summed E-state index contributed by atoms with van der Waals surface area (Å²) < 4.78 is 2.18. The Morgan fingerprint density at radius 1 is 1.17 bits per heavy atom. The monoisotopic (exact) mass is 341 g/mol. The van der Waals surface area contributed by atoms with Crippen molar-refractivity contribution >= 4 is 22.7 Å². The van der Waals surface area contributed by atoms with E-state index in [0.29, 0.717) is 0 Å². The van der Waals surface area contributed by atoms with Crippen LogP contribution in [0.2, 0.25) is 0 Å². The molecule has 116 valence electrons. The van der Waals surface area contributed by atoms with Crippen molar-refractivity contribution in [2.75, 3.05) is 0 Å². The van der Waals surface area contributed by atoms with Crippen LogP contribution in [0.3, 0.4) is 0 Å². The van der Waals surface area contributed by atoms with E-state index in [1.165, 1.54) is 0 Å². The summed E-state index contributed by atoms with van der Waals surface area (Å²) in [7, 11) is 0. The topological polar surface area (TPSA) is 59.4 Å². The molecular formula is C16H15N5S2. The zero-order valence-corrected chi connectivity index (χ0v) is 14.4. The first-order valence-corrected chi connectivity index (χ1v) is 8.97. The SMILES string of the molecule is Cc1csc(C(C)n2ccnc2-c2ccc(-c3ccn[nH]3)s2)n1. The van der Waals surface area contributed by atoms with Crippen LogP contribution in [0.5, 0.6) is 0 Å². The summed E-state index contributed by atoms with van der Waals surface area (Å²) in [6, 6.07) is 6.36. The number of rotatable bonds is 4. The van der Waals surface area contributed by atoms with Crippen molar-refractivity contribution in [1.29, 1.82) is 0 Å². The van der Waals surface area contributed by atoms with Crippen LogP contribution in [0.15, 0.2) is 42.2 Å². The average Bonchev–Trinajstić information content (AvgIpc) is 3.30. The molecule has 23 heavy (non-hydrogen) atoms. The molecule has 0 aliphatic heterocycles. The third kappa shape index (κ3) is 2.62. The van der Waals surface area contributed by atoms with Gasteiger partial charge in [0.05, 0.1) is 21.5 Å². The van der Waals surface area contributed by atoms with Gasteiger partial charge in [-0.2, -0.15) is 5.10 Å². The highest BCUT2D eigenvalue weighted by Gasteiger charge is 2.17. The van der Waals surface area contributed by atoms with Crippen LogP contribution in [0.25, 0.3) is 21.3 Å². The number of thiophene rings is 1. The van der Waals surface area contributed by atoms with Crippen molar-refractivity contribution in [3.63, 3.8) is 0 Å². The molecular weight excluding hydrogens is 326 g/mol. The molecule has 0 bridgehead atoms. The van der Waals surface area contributed by atoms with Crippen molar-refractivity contribution < 1.29 is 0 Å². The Labute approximate surface area is 141 Å². The van der Waals surface area contributed by atoms with Crippen LogP contribution in [0.4, 0.5) is 0 Å². The summed E-state index contributed by atoms with van der Waals surface area (Å²) in [5.41, 5.74) is 2.10. The van der Waals surface area contributed by atoms with Crippen LogP contribution in [0.1, 0.15) is 23.7 Å². The average molecular weight is 341 g/mol. The molecule has 0 spiro atoms. The van der Waals surface area contributed by atoms with Crippen LogP contribution in [0, 0.1) is 6.92 Å². The fraction of sp³-hybridized carbons (Fsp3) is 0.188. The largest absolute Gasteiger partial charge is 0.321 e. The lowest BCUT2D eigenvalue weighted by Gasteiger charge is -2.13. The van der Waals surface area contributed by atoms with E-state index in [-0.39, 0.29) is 6.04 Å². The molecule has 0 aromatic carbocycles. The number of hydrogen-bond donors (Lipinski definition) is 1. The van der Waals surface area contributed by atoms with Gasteiger partial charge in [-0.1, -0.05) is 0 Å². The fourth-order valence-electron chi connectivity index (χ4n) is 2.50. The van der Waals surface area contributed by atoms with Crippen molar-refractivity contribution in [2.24, 2.45) is 0 Å². The minimum atomic E-state index is 0.170. The third-order valence-corrected chi connectivity index (χ3v) is 5.92. The van der Waals surface area contributed by atoms with Gasteiger partial charge >= 0.3 is 0 Å². The zero-order valence-electron chi connectivity index (χ0n) is 12.7. The number of aryl methyl sites for hydroxylation is 1. The van der Waals surface area contributed by atoms with Gasteiger partial charge in [-0.05, 0) is 32.0 Å². The van der Waals surface area contributed by atoms with Crippen molar-refractivity contribution in [1.82, 2.24) is 24.7 Å². The number of aromatic amines is 1. The number of aromatic nitrogens is 5. The molecule has 0 saturated carbocycles. The van der Waals surface area contributed by atoms with Crippen LogP contribution in [-0.4, -0.2) is 24.7 Å². The van der Waals surface area contributed by atoms with Gasteiger partial charge in [0.2, 0.25) is 0 Å². The first-order chi connectivity index (χ1) is 11.2. The van der Waals surface area contributed by atoms with E-state index in [1.54, 1.807) is 28.9 Å². The summed E-state index contributed by atoms with van der Waals surface area (Å²) >= 11 is 3.40. The lowest BCUT2D eigenvalue weighted by Crippen LogP contribution is -2.06. The molecule has 4 heterocycles. The number of hydrogen-bond acceptors (Lipinski definition) is 5. The zero-order chi connectivity index (χ0) is 15.8. The highest BCUT2D eigenvalue weighted by atomic mass is 32.1. The summed E-state index contributed by atoms with van der Waals surface area (Å²) in [5, 5.41) is 10.2. The summed E-state index contributed by atoms with van der Waals surface area (Å²) in [6.45, 7) is 4.18. The Morgan fingerprint density at radius 2 is 2.04 bits per heavy atom. The summed E-state index contributed by atoms with van der Waals surface area (Å²) in [4.78, 5) is 11.5. The lowest BCUT2D eigenvalue weighted by atomic mass is 10.3. The first kappa shape index (κ1) is 14.3. The van der Waals surface area contributed by atoms with E-state index < -0.39 is 0 Å². The van der Waals surface area contributed by atoms with Gasteiger partial charge in [-0.3, -0.25) is 5.10 Å². The molecule has 0 saturated heterocycles. The van der Waals surface area contributed by atoms with E-state index in [4.69, 9.17) is 0 Å². The first-order valence-electron chi connectivity index (χ1n) is 7.27. The molecule has 0 aliphatic carbocycles. The Morgan fingerprint density at radius 3 is 2.78 bits per heavy atom. The molecule has 0 aliphatic rings. The fourth-order valence-corrected chi connectivity index (χ4v) is 4.33. The second-order valence-corrected chi connectivity index (χ2v) is 7.27. The number of thiazole rings is 1. The predicted octanol–water partition coefficient (Wildman–Crippen LogP) is 4.38. The molecule has 0 fully saturated rings. The molecule has 7 heteroatoms. The molecule has 5 nitrogen and oxygen atoms in total. The smallest absolute Gasteiger partial charge is 0.150 e. The second-order valence-electron chi connectivity index (χ2n) is 5.30. The van der Waals surface area contributed by atoms with Gasteiger partial charge in [0.15, 0.2) is 5.82 Å². The van der Waals surface area contributed by atoms with Crippen molar-refractivity contribution in [3.8, 4) is 21.3 Å². The van der Waals surface area contributed by atoms with Crippen LogP contribution in [-0.2, 0) is 0 Å². The number of H-pyrrole nitrogens is 1. The minimum Gasteiger partial charge on any atom is -0.321 e. The van der Waals surface area contributed by atoms with E-state index in [0.717, 1.165) is 32.0 Å². The summed E-state index contributed by atoms with van der Waals surface area (Å²) in [5.74, 6) is 0.973. The minimum absolute atomic E-state index is 0.170. The van der Waals surface area contributed by atoms with E-state index in [1.807, 2.05) is 25.4 Å². The standard InChI is InChI=1S/C16H15N5S2/c1-10-9-22-16(19-10)11(2)21-8-7-17-15(21)14-4-3-13(23-14)12-5-6-18-20-12/h3-9,11H,1-2H3,(H,18,20). The van der Waals surface area contributed by atoms with E-state index >= 15 is 0 Å². The highest BCUT2D eigenvalue weighted by Crippen LogP contribution is 2.34. The molecule has 4 rings (SSSR count). The summed E-state index contributed by atoms with van der Waals surface area (Å²) in [6.07, 6.45) is 5.64. The highest BCUT2D eigenvalue weighted by molar-refractivity contribution is 7.18.